The molecule has 0 aliphatic rings. The summed E-state index contributed by atoms with van der Waals surface area (Å²) in [5.41, 5.74) is 0.708. The Bertz CT molecular complexity index is 361. The molecule has 0 radical (unpaired) electrons. The largest absolute Gasteiger partial charge is 0.388 e. The highest BCUT2D eigenvalue weighted by Gasteiger charge is 2.12. The second kappa shape index (κ2) is 7.41. The molecule has 1 rings (SSSR count). The van der Waals surface area contributed by atoms with Gasteiger partial charge in [0.25, 0.3) is 6.43 Å². The molecule has 17 heavy (non-hydrogen) atoms. The Morgan fingerprint density at radius 1 is 1.29 bits per heavy atom. The van der Waals surface area contributed by atoms with Gasteiger partial charge in [0.2, 0.25) is 0 Å². The highest BCUT2D eigenvalue weighted by atomic mass is 79.9. The fraction of sp³-hybridized carbons (Fsp3) is 0.455. The van der Waals surface area contributed by atoms with Crippen molar-refractivity contribution in [1.29, 1.82) is 0 Å². The molecule has 1 N–H and O–H groups in total. The van der Waals surface area contributed by atoms with Crippen molar-refractivity contribution in [2.75, 3.05) is 13.2 Å². The Morgan fingerprint density at radius 3 is 2.65 bits per heavy atom. The van der Waals surface area contributed by atoms with Gasteiger partial charge in [-0.3, -0.25) is 0 Å². The molecule has 2 nitrogen and oxygen atoms in total. The molecule has 1 atom stereocenters. The fourth-order valence-corrected chi connectivity index (χ4v) is 2.18. The second-order valence-electron chi connectivity index (χ2n) is 3.44. The molecule has 0 heterocycles. The zero-order chi connectivity index (χ0) is 12.8. The quantitative estimate of drug-likeness (QED) is 0.766. The monoisotopic (exact) mass is 372 g/mol. The normalized spacial score (nSPS) is 13.1. The second-order valence-corrected chi connectivity index (χ2v) is 5.21. The van der Waals surface area contributed by atoms with Gasteiger partial charge in [-0.15, -0.1) is 0 Å². The number of hydrogen-bond acceptors (Lipinski definition) is 2. The summed E-state index contributed by atoms with van der Waals surface area (Å²) in [5.74, 6) is 0. The van der Waals surface area contributed by atoms with Crippen LogP contribution in [-0.4, -0.2) is 24.7 Å². The van der Waals surface area contributed by atoms with Crippen LogP contribution in [-0.2, 0) is 4.74 Å². The van der Waals surface area contributed by atoms with Gasteiger partial charge in [-0.1, -0.05) is 31.9 Å². The van der Waals surface area contributed by atoms with Gasteiger partial charge in [-0.05, 0) is 23.8 Å². The maximum Gasteiger partial charge on any atom is 0.261 e. The highest BCUT2D eigenvalue weighted by molar-refractivity contribution is 9.11. The molecule has 0 bridgehead atoms. The van der Waals surface area contributed by atoms with E-state index in [0.717, 1.165) is 8.95 Å². The molecule has 1 aromatic carbocycles. The van der Waals surface area contributed by atoms with Crippen LogP contribution in [0.5, 0.6) is 0 Å². The number of alkyl halides is 2. The third-order valence-electron chi connectivity index (χ3n) is 2.10. The van der Waals surface area contributed by atoms with E-state index < -0.39 is 19.1 Å². The van der Waals surface area contributed by atoms with Crippen LogP contribution in [0.25, 0.3) is 0 Å². The van der Waals surface area contributed by atoms with Crippen LogP contribution in [0.1, 0.15) is 18.1 Å². The molecule has 6 heteroatoms. The first-order valence-corrected chi connectivity index (χ1v) is 6.58. The SMILES string of the molecule is OC(CCOCC(F)F)c1cc(Br)ccc1Br. The number of aliphatic hydroxyl groups is 1. The van der Waals surface area contributed by atoms with Gasteiger partial charge >= 0.3 is 0 Å². The Morgan fingerprint density at radius 2 is 2.00 bits per heavy atom. The summed E-state index contributed by atoms with van der Waals surface area (Å²) in [6.45, 7) is -0.489. The van der Waals surface area contributed by atoms with Gasteiger partial charge in [0.1, 0.15) is 6.61 Å². The smallest absolute Gasteiger partial charge is 0.261 e. The van der Waals surface area contributed by atoms with Crippen LogP contribution in [0.2, 0.25) is 0 Å². The Balaban J connectivity index is 2.46. The molecule has 1 aromatic rings. The highest BCUT2D eigenvalue weighted by Crippen LogP contribution is 2.28. The third kappa shape index (κ3) is 5.42. The number of halogens is 4. The first-order chi connectivity index (χ1) is 8.00. The maximum atomic E-state index is 11.8. The molecule has 0 saturated carbocycles. The van der Waals surface area contributed by atoms with Crippen LogP contribution >= 0.6 is 31.9 Å². The predicted molar refractivity (Wildman–Crippen MR) is 68.2 cm³/mol. The lowest BCUT2D eigenvalue weighted by Gasteiger charge is -2.13. The molecular weight excluding hydrogens is 362 g/mol. The lowest BCUT2D eigenvalue weighted by atomic mass is 10.1. The van der Waals surface area contributed by atoms with Crippen LogP contribution in [0, 0.1) is 0 Å². The van der Waals surface area contributed by atoms with Gasteiger partial charge < -0.3 is 9.84 Å². The molecule has 0 amide bonds. The van der Waals surface area contributed by atoms with E-state index in [1.54, 1.807) is 6.07 Å². The lowest BCUT2D eigenvalue weighted by molar-refractivity contribution is 0.00474. The molecule has 0 spiro atoms. The first-order valence-electron chi connectivity index (χ1n) is 4.99. The molecule has 0 saturated heterocycles. The Labute approximate surface area is 115 Å². The number of benzene rings is 1. The summed E-state index contributed by atoms with van der Waals surface area (Å²) in [5, 5.41) is 9.87. The van der Waals surface area contributed by atoms with Crippen molar-refractivity contribution in [2.45, 2.75) is 19.0 Å². The summed E-state index contributed by atoms with van der Waals surface area (Å²) in [6, 6.07) is 5.43. The van der Waals surface area contributed by atoms with Crippen LogP contribution in [0.15, 0.2) is 27.1 Å². The van der Waals surface area contributed by atoms with E-state index in [-0.39, 0.29) is 13.0 Å². The van der Waals surface area contributed by atoms with Crippen molar-refractivity contribution in [2.24, 2.45) is 0 Å². The van der Waals surface area contributed by atoms with E-state index in [1.807, 2.05) is 12.1 Å². The average Bonchev–Trinajstić information content (AvgIpc) is 2.27. The van der Waals surface area contributed by atoms with Gasteiger partial charge in [0.15, 0.2) is 0 Å². The molecule has 0 fully saturated rings. The first kappa shape index (κ1) is 15.0. The Hall–Kier alpha value is -0.0400. The minimum atomic E-state index is -2.47. The van der Waals surface area contributed by atoms with Crippen molar-refractivity contribution < 1.29 is 18.6 Å². The van der Waals surface area contributed by atoms with Crippen molar-refractivity contribution in [1.82, 2.24) is 0 Å². The summed E-state index contributed by atoms with van der Waals surface area (Å²) in [6.07, 6.45) is -2.92. The van der Waals surface area contributed by atoms with Crippen molar-refractivity contribution in [3.8, 4) is 0 Å². The number of ether oxygens (including phenoxy) is 1. The van der Waals surface area contributed by atoms with Gasteiger partial charge in [-0.2, -0.15) is 0 Å². The summed E-state index contributed by atoms with van der Waals surface area (Å²) in [4.78, 5) is 0. The van der Waals surface area contributed by atoms with E-state index >= 15 is 0 Å². The molecule has 1 unspecified atom stereocenters. The molecular formula is C11H12Br2F2O2. The number of aliphatic hydroxyl groups excluding tert-OH is 1. The Kier molecular flexibility index (Phi) is 6.54. The standard InChI is InChI=1S/C11H12Br2F2O2/c12-7-1-2-9(13)8(5-7)10(16)3-4-17-6-11(14)15/h1-2,5,10-11,16H,3-4,6H2. The molecule has 0 aromatic heterocycles. The van der Waals surface area contributed by atoms with E-state index in [0.29, 0.717) is 5.56 Å². The zero-order valence-corrected chi connectivity index (χ0v) is 12.0. The molecule has 96 valence electrons. The van der Waals surface area contributed by atoms with Gasteiger partial charge in [0.05, 0.1) is 6.10 Å². The van der Waals surface area contributed by atoms with E-state index in [1.165, 1.54) is 0 Å². The summed E-state index contributed by atoms with van der Waals surface area (Å²) < 4.78 is 29.9. The summed E-state index contributed by atoms with van der Waals surface area (Å²) >= 11 is 6.62. The minimum absolute atomic E-state index is 0.102. The van der Waals surface area contributed by atoms with Crippen molar-refractivity contribution in [3.63, 3.8) is 0 Å². The van der Waals surface area contributed by atoms with Crippen LogP contribution in [0.3, 0.4) is 0 Å². The van der Waals surface area contributed by atoms with E-state index in [2.05, 4.69) is 31.9 Å². The van der Waals surface area contributed by atoms with E-state index in [9.17, 15) is 13.9 Å². The lowest BCUT2D eigenvalue weighted by Crippen LogP contribution is -2.09. The summed E-state index contributed by atoms with van der Waals surface area (Å²) in [7, 11) is 0. The van der Waals surface area contributed by atoms with Crippen LogP contribution in [0.4, 0.5) is 8.78 Å². The zero-order valence-electron chi connectivity index (χ0n) is 8.88. The van der Waals surface area contributed by atoms with Crippen molar-refractivity contribution in [3.05, 3.63) is 32.7 Å². The van der Waals surface area contributed by atoms with Crippen LogP contribution < -0.4 is 0 Å². The van der Waals surface area contributed by atoms with Gasteiger partial charge in [0, 0.05) is 22.0 Å². The number of hydrogen-bond donors (Lipinski definition) is 1. The third-order valence-corrected chi connectivity index (χ3v) is 3.31. The van der Waals surface area contributed by atoms with E-state index in [4.69, 9.17) is 4.74 Å². The minimum Gasteiger partial charge on any atom is -0.388 e. The molecule has 0 aliphatic carbocycles. The predicted octanol–water partition coefficient (Wildman–Crippen LogP) is 3.92. The van der Waals surface area contributed by atoms with Gasteiger partial charge in [-0.25, -0.2) is 8.78 Å². The van der Waals surface area contributed by atoms with Crippen molar-refractivity contribution >= 4 is 31.9 Å². The number of rotatable bonds is 6. The topological polar surface area (TPSA) is 29.5 Å². The fourth-order valence-electron chi connectivity index (χ4n) is 1.29. The maximum absolute atomic E-state index is 11.8. The average molecular weight is 374 g/mol. The molecule has 0 aliphatic heterocycles.